The van der Waals surface area contributed by atoms with Crippen LogP contribution in [0.1, 0.15) is 6.92 Å². The zero-order valence-corrected chi connectivity index (χ0v) is 10.6. The molecule has 0 aromatic carbocycles. The van der Waals surface area contributed by atoms with Gasteiger partial charge in [-0.15, -0.1) is 13.2 Å². The lowest BCUT2D eigenvalue weighted by Crippen LogP contribution is -2.18. The summed E-state index contributed by atoms with van der Waals surface area (Å²) in [5, 5.41) is 2.82. The summed E-state index contributed by atoms with van der Waals surface area (Å²) in [6.07, 6.45) is -4.65. The number of ether oxygens (including phenoxy) is 3. The lowest BCUT2D eigenvalue weighted by Gasteiger charge is -2.12. The molecule has 0 amide bonds. The summed E-state index contributed by atoms with van der Waals surface area (Å²) >= 11 is 0. The Hall–Kier alpha value is -1.70. The van der Waals surface area contributed by atoms with Crippen LogP contribution in [0, 0.1) is 0 Å². The van der Waals surface area contributed by atoms with E-state index in [0.717, 1.165) is 0 Å². The van der Waals surface area contributed by atoms with Crippen molar-refractivity contribution in [2.24, 2.45) is 0 Å². The molecule has 108 valence electrons. The van der Waals surface area contributed by atoms with Crippen LogP contribution in [-0.4, -0.2) is 38.2 Å². The first-order chi connectivity index (χ1) is 8.96. The zero-order valence-electron chi connectivity index (χ0n) is 10.6. The molecule has 1 N–H and O–H groups in total. The summed E-state index contributed by atoms with van der Waals surface area (Å²) in [5.41, 5.74) is 0. The summed E-state index contributed by atoms with van der Waals surface area (Å²) < 4.78 is 49.3. The van der Waals surface area contributed by atoms with E-state index in [0.29, 0.717) is 12.4 Å². The van der Waals surface area contributed by atoms with Crippen molar-refractivity contribution < 1.29 is 27.4 Å². The summed E-state index contributed by atoms with van der Waals surface area (Å²) in [4.78, 5) is 4.09. The first kappa shape index (κ1) is 15.4. The molecule has 1 heterocycles. The number of halogens is 3. The summed E-state index contributed by atoms with van der Waals surface area (Å²) in [6.45, 7) is 1.29. The number of hydrogen-bond acceptors (Lipinski definition) is 5. The van der Waals surface area contributed by atoms with Crippen LogP contribution < -0.4 is 14.8 Å². The Morgan fingerprint density at radius 3 is 2.53 bits per heavy atom. The second kappa shape index (κ2) is 7.03. The monoisotopic (exact) mass is 280 g/mol. The average Bonchev–Trinajstić information content (AvgIpc) is 2.35. The van der Waals surface area contributed by atoms with Crippen molar-refractivity contribution in [3.63, 3.8) is 0 Å². The Morgan fingerprint density at radius 2 is 1.95 bits per heavy atom. The normalized spacial score (nSPS) is 11.2. The molecule has 0 bridgehead atoms. The van der Waals surface area contributed by atoms with Crippen LogP contribution in [-0.2, 0) is 4.74 Å². The van der Waals surface area contributed by atoms with E-state index in [2.05, 4.69) is 15.0 Å². The third-order valence-electron chi connectivity index (χ3n) is 1.97. The van der Waals surface area contributed by atoms with Crippen LogP contribution >= 0.6 is 0 Å². The van der Waals surface area contributed by atoms with Gasteiger partial charge < -0.3 is 14.8 Å². The number of nitrogens with one attached hydrogen (secondary N) is 1. The summed E-state index contributed by atoms with van der Waals surface area (Å²) in [5.74, 6) is 1.07. The molecule has 0 spiro atoms. The van der Waals surface area contributed by atoms with Gasteiger partial charge in [-0.1, -0.05) is 0 Å². The molecule has 0 aliphatic heterocycles. The zero-order chi connectivity index (χ0) is 14.3. The van der Waals surface area contributed by atoms with Gasteiger partial charge in [-0.2, -0.15) is 4.98 Å². The summed E-state index contributed by atoms with van der Waals surface area (Å²) in [7, 11) is 1.69. The molecule has 19 heavy (non-hydrogen) atoms. The maximum atomic E-state index is 11.8. The Bertz CT molecular complexity index is 399. The minimum absolute atomic E-state index is 0.223. The predicted octanol–water partition coefficient (Wildman–Crippen LogP) is 2.44. The maximum absolute atomic E-state index is 11.8. The third-order valence-corrected chi connectivity index (χ3v) is 1.97. The molecule has 1 aromatic rings. The number of hydrogen-bond donors (Lipinski definition) is 1. The molecule has 0 saturated carbocycles. The average molecular weight is 280 g/mol. The van der Waals surface area contributed by atoms with E-state index in [1.165, 1.54) is 0 Å². The molecule has 5 nitrogen and oxygen atoms in total. The fraction of sp³-hybridized carbons (Fsp3) is 0.545. The molecule has 0 unspecified atom stereocenters. The van der Waals surface area contributed by atoms with Crippen molar-refractivity contribution >= 4 is 5.82 Å². The fourth-order valence-electron chi connectivity index (χ4n) is 1.23. The van der Waals surface area contributed by atoms with Crippen LogP contribution in [0.4, 0.5) is 19.0 Å². The molecule has 1 rings (SSSR count). The molecular weight excluding hydrogens is 265 g/mol. The van der Waals surface area contributed by atoms with Gasteiger partial charge in [-0.05, 0) is 19.1 Å². The standard InChI is InChI=1S/C11H15F3N2O3/c1-3-17-10-8(4-5-9(15-2)16-10)18-6-7-19-11(12,13)14/h4-5H,3,6-7H2,1-2H3,(H,15,16). The van der Waals surface area contributed by atoms with Crippen LogP contribution in [0.5, 0.6) is 11.6 Å². The van der Waals surface area contributed by atoms with Gasteiger partial charge >= 0.3 is 6.36 Å². The number of pyridine rings is 1. The highest BCUT2D eigenvalue weighted by atomic mass is 19.4. The van der Waals surface area contributed by atoms with Crippen molar-refractivity contribution in [1.82, 2.24) is 4.98 Å². The van der Waals surface area contributed by atoms with Crippen molar-refractivity contribution in [2.45, 2.75) is 13.3 Å². The topological polar surface area (TPSA) is 52.6 Å². The molecule has 0 radical (unpaired) electrons. The largest absolute Gasteiger partial charge is 0.522 e. The highest BCUT2D eigenvalue weighted by Crippen LogP contribution is 2.26. The van der Waals surface area contributed by atoms with Crippen LogP contribution in [0.25, 0.3) is 0 Å². The maximum Gasteiger partial charge on any atom is 0.522 e. The van der Waals surface area contributed by atoms with E-state index in [4.69, 9.17) is 9.47 Å². The van der Waals surface area contributed by atoms with E-state index >= 15 is 0 Å². The third kappa shape index (κ3) is 5.64. The van der Waals surface area contributed by atoms with Gasteiger partial charge in [0.15, 0.2) is 5.75 Å². The Kier molecular flexibility index (Phi) is 5.68. The molecule has 1 aromatic heterocycles. The van der Waals surface area contributed by atoms with E-state index < -0.39 is 13.0 Å². The van der Waals surface area contributed by atoms with Crippen molar-refractivity contribution in [2.75, 3.05) is 32.2 Å². The second-order valence-electron chi connectivity index (χ2n) is 3.33. The molecule has 0 saturated heterocycles. The molecular formula is C11H15F3N2O3. The Labute approximate surface area is 108 Å². The number of aromatic nitrogens is 1. The van der Waals surface area contributed by atoms with E-state index in [1.54, 1.807) is 26.1 Å². The van der Waals surface area contributed by atoms with Gasteiger partial charge in [0, 0.05) is 7.05 Å². The van der Waals surface area contributed by atoms with Crippen molar-refractivity contribution in [1.29, 1.82) is 0 Å². The van der Waals surface area contributed by atoms with E-state index in [9.17, 15) is 13.2 Å². The minimum Gasteiger partial charge on any atom is -0.486 e. The van der Waals surface area contributed by atoms with E-state index in [1.807, 2.05) is 0 Å². The molecule has 0 aliphatic rings. The first-order valence-electron chi connectivity index (χ1n) is 5.61. The number of rotatable bonds is 7. The quantitative estimate of drug-likeness (QED) is 0.777. The van der Waals surface area contributed by atoms with Crippen LogP contribution in [0.3, 0.4) is 0 Å². The van der Waals surface area contributed by atoms with Gasteiger partial charge in [0.25, 0.3) is 5.88 Å². The van der Waals surface area contributed by atoms with Crippen LogP contribution in [0.2, 0.25) is 0 Å². The molecule has 0 fully saturated rings. The Balaban J connectivity index is 2.56. The Morgan fingerprint density at radius 1 is 1.21 bits per heavy atom. The summed E-state index contributed by atoms with van der Waals surface area (Å²) in [6, 6.07) is 3.19. The van der Waals surface area contributed by atoms with Crippen molar-refractivity contribution in [3.05, 3.63) is 12.1 Å². The highest BCUT2D eigenvalue weighted by molar-refractivity contribution is 5.44. The van der Waals surface area contributed by atoms with Crippen LogP contribution in [0.15, 0.2) is 12.1 Å². The molecule has 8 heteroatoms. The number of anilines is 1. The fourth-order valence-corrected chi connectivity index (χ4v) is 1.23. The predicted molar refractivity (Wildman–Crippen MR) is 62.5 cm³/mol. The second-order valence-corrected chi connectivity index (χ2v) is 3.33. The van der Waals surface area contributed by atoms with E-state index in [-0.39, 0.29) is 18.2 Å². The molecule has 0 atom stereocenters. The first-order valence-corrected chi connectivity index (χ1v) is 5.61. The number of alkyl halides is 3. The van der Waals surface area contributed by atoms with Gasteiger partial charge in [-0.25, -0.2) is 0 Å². The van der Waals surface area contributed by atoms with Gasteiger partial charge in [0.05, 0.1) is 13.2 Å². The highest BCUT2D eigenvalue weighted by Gasteiger charge is 2.28. The van der Waals surface area contributed by atoms with Crippen molar-refractivity contribution in [3.8, 4) is 11.6 Å². The smallest absolute Gasteiger partial charge is 0.486 e. The van der Waals surface area contributed by atoms with Gasteiger partial charge in [0.2, 0.25) is 0 Å². The number of nitrogens with zero attached hydrogens (tertiary/aromatic N) is 1. The van der Waals surface area contributed by atoms with Gasteiger partial charge in [0.1, 0.15) is 12.4 Å². The minimum atomic E-state index is -4.65. The molecule has 0 aliphatic carbocycles. The SMILES string of the molecule is CCOc1nc(NC)ccc1OCCOC(F)(F)F. The lowest BCUT2D eigenvalue weighted by atomic mass is 10.4. The van der Waals surface area contributed by atoms with Gasteiger partial charge in [-0.3, -0.25) is 4.74 Å². The lowest BCUT2D eigenvalue weighted by molar-refractivity contribution is -0.325.